The van der Waals surface area contributed by atoms with E-state index in [1.807, 2.05) is 24.3 Å². The zero-order chi connectivity index (χ0) is 15.1. The summed E-state index contributed by atoms with van der Waals surface area (Å²) < 4.78 is 0. The zero-order valence-corrected chi connectivity index (χ0v) is 14.2. The Morgan fingerprint density at radius 3 is 2.29 bits per heavy atom. The molecule has 0 fully saturated rings. The third kappa shape index (κ3) is 2.93. The minimum absolute atomic E-state index is 0.180. The second kappa shape index (κ2) is 5.81. The maximum atomic E-state index is 6.16. The van der Waals surface area contributed by atoms with Crippen LogP contribution in [0.2, 0.25) is 20.1 Å². The van der Waals surface area contributed by atoms with Gasteiger partial charge in [-0.05, 0) is 43.2 Å². The molecule has 0 bridgehead atoms. The molecule has 3 rings (SSSR count). The first-order valence-electron chi connectivity index (χ1n) is 6.47. The lowest BCUT2D eigenvalue weighted by Gasteiger charge is -2.22. The third-order valence-corrected chi connectivity index (χ3v) is 4.92. The first-order valence-corrected chi connectivity index (χ1v) is 7.98. The van der Waals surface area contributed by atoms with Crippen LogP contribution in [0, 0.1) is 0 Å². The van der Waals surface area contributed by atoms with Crippen LogP contribution in [0.15, 0.2) is 35.3 Å². The van der Waals surface area contributed by atoms with Gasteiger partial charge in [-0.1, -0.05) is 52.5 Å². The van der Waals surface area contributed by atoms with Crippen molar-refractivity contribution >= 4 is 52.1 Å². The van der Waals surface area contributed by atoms with E-state index in [0.717, 1.165) is 28.8 Å². The molecule has 0 saturated heterocycles. The quantitative estimate of drug-likeness (QED) is 0.585. The number of aliphatic imine (C=N–C) groups is 1. The Hall–Kier alpha value is -0.730. The standard InChI is InChI=1S/C16H11Cl4N/c1-8-4-10-6-14(19)15(20)7-11(10)16(21-8)9-2-3-12(17)13(18)5-9/h2-3,5-8H,4H2,1H3. The number of hydrogen-bond acceptors (Lipinski definition) is 1. The molecule has 2 aromatic carbocycles. The van der Waals surface area contributed by atoms with Crippen molar-refractivity contribution < 1.29 is 0 Å². The summed E-state index contributed by atoms with van der Waals surface area (Å²) in [6.07, 6.45) is 0.844. The summed E-state index contributed by atoms with van der Waals surface area (Å²) in [5.41, 5.74) is 3.95. The number of hydrogen-bond donors (Lipinski definition) is 0. The van der Waals surface area contributed by atoms with E-state index in [0.29, 0.717) is 20.1 Å². The number of nitrogens with zero attached hydrogens (tertiary/aromatic N) is 1. The van der Waals surface area contributed by atoms with Gasteiger partial charge in [-0.3, -0.25) is 4.99 Å². The zero-order valence-electron chi connectivity index (χ0n) is 11.1. The molecule has 0 radical (unpaired) electrons. The van der Waals surface area contributed by atoms with Crippen molar-refractivity contribution in [2.24, 2.45) is 4.99 Å². The van der Waals surface area contributed by atoms with Gasteiger partial charge < -0.3 is 0 Å². The summed E-state index contributed by atoms with van der Waals surface area (Å²) in [4.78, 5) is 4.75. The summed E-state index contributed by atoms with van der Waals surface area (Å²) >= 11 is 24.4. The minimum atomic E-state index is 0.180. The van der Waals surface area contributed by atoms with E-state index < -0.39 is 0 Å². The molecular weight excluding hydrogens is 348 g/mol. The monoisotopic (exact) mass is 357 g/mol. The first kappa shape index (κ1) is 15.2. The molecule has 1 nitrogen and oxygen atoms in total. The van der Waals surface area contributed by atoms with Crippen LogP contribution in [-0.4, -0.2) is 11.8 Å². The SMILES string of the molecule is CC1Cc2cc(Cl)c(Cl)cc2C(c2ccc(Cl)c(Cl)c2)=N1. The summed E-state index contributed by atoms with van der Waals surface area (Å²) in [5.74, 6) is 0. The molecule has 1 aliphatic heterocycles. The van der Waals surface area contributed by atoms with Gasteiger partial charge in [0.1, 0.15) is 0 Å². The molecule has 21 heavy (non-hydrogen) atoms. The highest BCUT2D eigenvalue weighted by atomic mass is 35.5. The van der Waals surface area contributed by atoms with Gasteiger partial charge >= 0.3 is 0 Å². The van der Waals surface area contributed by atoms with E-state index in [-0.39, 0.29) is 6.04 Å². The normalized spacial score (nSPS) is 17.4. The van der Waals surface area contributed by atoms with Crippen LogP contribution >= 0.6 is 46.4 Å². The Balaban J connectivity index is 2.18. The molecule has 108 valence electrons. The fraction of sp³-hybridized carbons (Fsp3) is 0.188. The predicted octanol–water partition coefficient (Wildman–Crippen LogP) is 6.08. The Labute approximate surface area is 143 Å². The van der Waals surface area contributed by atoms with Crippen molar-refractivity contribution in [1.82, 2.24) is 0 Å². The molecule has 0 N–H and O–H groups in total. The van der Waals surface area contributed by atoms with Gasteiger partial charge in [0.15, 0.2) is 0 Å². The van der Waals surface area contributed by atoms with E-state index in [2.05, 4.69) is 6.92 Å². The maximum absolute atomic E-state index is 6.16. The third-order valence-electron chi connectivity index (χ3n) is 3.46. The lowest BCUT2D eigenvalue weighted by Crippen LogP contribution is -2.19. The summed E-state index contributed by atoms with van der Waals surface area (Å²) in [5, 5.41) is 2.13. The van der Waals surface area contributed by atoms with Gasteiger partial charge in [0, 0.05) is 11.1 Å². The van der Waals surface area contributed by atoms with Crippen molar-refractivity contribution in [3.8, 4) is 0 Å². The number of fused-ring (bicyclic) bond motifs is 1. The van der Waals surface area contributed by atoms with Crippen LogP contribution < -0.4 is 0 Å². The lowest BCUT2D eigenvalue weighted by atomic mass is 9.91. The van der Waals surface area contributed by atoms with E-state index in [1.165, 1.54) is 0 Å². The molecule has 0 spiro atoms. The second-order valence-corrected chi connectivity index (χ2v) is 6.71. The van der Waals surface area contributed by atoms with Crippen LogP contribution in [0.1, 0.15) is 23.6 Å². The van der Waals surface area contributed by atoms with Crippen molar-refractivity contribution in [3.05, 3.63) is 67.1 Å². The predicted molar refractivity (Wildman–Crippen MR) is 91.7 cm³/mol. The average molecular weight is 359 g/mol. The largest absolute Gasteiger partial charge is 0.281 e. The fourth-order valence-electron chi connectivity index (χ4n) is 2.50. The summed E-state index contributed by atoms with van der Waals surface area (Å²) in [6.45, 7) is 2.07. The highest BCUT2D eigenvalue weighted by Gasteiger charge is 2.21. The van der Waals surface area contributed by atoms with Gasteiger partial charge in [0.2, 0.25) is 0 Å². The summed E-state index contributed by atoms with van der Waals surface area (Å²) in [7, 11) is 0. The van der Waals surface area contributed by atoms with Gasteiger partial charge in [0.05, 0.1) is 31.8 Å². The molecule has 1 atom stereocenters. The molecule has 5 heteroatoms. The molecular formula is C16H11Cl4N. The maximum Gasteiger partial charge on any atom is 0.0726 e. The van der Waals surface area contributed by atoms with Crippen LogP contribution in [0.5, 0.6) is 0 Å². The van der Waals surface area contributed by atoms with Crippen LogP contribution in [0.25, 0.3) is 0 Å². The lowest BCUT2D eigenvalue weighted by molar-refractivity contribution is 0.728. The molecule has 0 aliphatic carbocycles. The van der Waals surface area contributed by atoms with E-state index in [4.69, 9.17) is 51.4 Å². The molecule has 1 heterocycles. The smallest absolute Gasteiger partial charge is 0.0726 e. The Kier molecular flexibility index (Phi) is 4.20. The Morgan fingerprint density at radius 1 is 0.905 bits per heavy atom. The highest BCUT2D eigenvalue weighted by molar-refractivity contribution is 6.43. The highest BCUT2D eigenvalue weighted by Crippen LogP contribution is 2.32. The van der Waals surface area contributed by atoms with Gasteiger partial charge in [-0.15, -0.1) is 0 Å². The fourth-order valence-corrected chi connectivity index (χ4v) is 3.15. The second-order valence-electron chi connectivity index (χ2n) is 5.08. The van der Waals surface area contributed by atoms with Crippen molar-refractivity contribution in [2.75, 3.05) is 0 Å². The molecule has 2 aromatic rings. The van der Waals surface area contributed by atoms with Crippen LogP contribution in [0.3, 0.4) is 0 Å². The van der Waals surface area contributed by atoms with Crippen LogP contribution in [-0.2, 0) is 6.42 Å². The van der Waals surface area contributed by atoms with E-state index in [9.17, 15) is 0 Å². The Morgan fingerprint density at radius 2 is 1.57 bits per heavy atom. The molecule has 1 aliphatic rings. The number of halogens is 4. The van der Waals surface area contributed by atoms with Crippen molar-refractivity contribution in [1.29, 1.82) is 0 Å². The van der Waals surface area contributed by atoms with Crippen molar-refractivity contribution in [2.45, 2.75) is 19.4 Å². The Bertz CT molecular complexity index is 752. The van der Waals surface area contributed by atoms with Gasteiger partial charge in [-0.25, -0.2) is 0 Å². The average Bonchev–Trinajstić information content (AvgIpc) is 2.43. The topological polar surface area (TPSA) is 12.4 Å². The van der Waals surface area contributed by atoms with Gasteiger partial charge in [-0.2, -0.15) is 0 Å². The number of benzene rings is 2. The molecule has 0 aromatic heterocycles. The van der Waals surface area contributed by atoms with Gasteiger partial charge in [0.25, 0.3) is 0 Å². The molecule has 1 unspecified atom stereocenters. The first-order chi connectivity index (χ1) is 9.95. The van der Waals surface area contributed by atoms with Crippen LogP contribution in [0.4, 0.5) is 0 Å². The summed E-state index contributed by atoms with van der Waals surface area (Å²) in [6, 6.07) is 9.48. The van der Waals surface area contributed by atoms with Crippen molar-refractivity contribution in [3.63, 3.8) is 0 Å². The van der Waals surface area contributed by atoms with E-state index >= 15 is 0 Å². The molecule has 0 amide bonds. The number of rotatable bonds is 1. The molecule has 0 saturated carbocycles. The minimum Gasteiger partial charge on any atom is -0.281 e. The van der Waals surface area contributed by atoms with E-state index in [1.54, 1.807) is 6.07 Å².